The van der Waals surface area contributed by atoms with E-state index >= 15 is 0 Å². The average Bonchev–Trinajstić information content (AvgIpc) is 2.48. The molecule has 2 aromatic carbocycles. The first-order valence-corrected chi connectivity index (χ1v) is 9.02. The predicted molar refractivity (Wildman–Crippen MR) is 100 cm³/mol. The molecule has 4 heteroatoms. The number of aryl methyl sites for hydroxylation is 2. The monoisotopic (exact) mass is 330 g/mol. The van der Waals surface area contributed by atoms with Gasteiger partial charge >= 0.3 is 0 Å². The highest BCUT2D eigenvalue weighted by molar-refractivity contribution is 8.04. The zero-order chi connectivity index (χ0) is 15.9. The van der Waals surface area contributed by atoms with E-state index in [4.69, 9.17) is 5.73 Å². The van der Waals surface area contributed by atoms with Crippen LogP contribution in [0.1, 0.15) is 27.6 Å². The van der Waals surface area contributed by atoms with Crippen LogP contribution in [0.4, 0.5) is 0 Å². The minimum absolute atomic E-state index is 0.106. The third-order valence-electron chi connectivity index (χ3n) is 3.29. The maximum Gasteiger partial charge on any atom is 0.0942 e. The Hall–Kier alpha value is -1.36. The van der Waals surface area contributed by atoms with E-state index in [1.807, 2.05) is 0 Å². The van der Waals surface area contributed by atoms with Crippen LogP contribution >= 0.6 is 23.7 Å². The van der Waals surface area contributed by atoms with Crippen LogP contribution in [0.3, 0.4) is 0 Å². The third-order valence-corrected chi connectivity index (χ3v) is 5.23. The van der Waals surface area contributed by atoms with Gasteiger partial charge in [-0.2, -0.15) is 0 Å². The highest BCUT2D eigenvalue weighted by Gasteiger charge is 2.14. The normalized spacial score (nSPS) is 12.1. The van der Waals surface area contributed by atoms with Crippen LogP contribution in [0.25, 0.3) is 0 Å². The van der Waals surface area contributed by atoms with Crippen LogP contribution < -0.4 is 10.5 Å². The van der Waals surface area contributed by atoms with Gasteiger partial charge in [0.2, 0.25) is 0 Å². The molecule has 0 saturated heterocycles. The first-order valence-electron chi connectivity index (χ1n) is 7.15. The van der Waals surface area contributed by atoms with Crippen LogP contribution in [-0.2, 0) is 5.75 Å². The molecule has 0 amide bonds. The molecule has 2 aromatic rings. The van der Waals surface area contributed by atoms with Crippen molar-refractivity contribution >= 4 is 23.7 Å². The second-order valence-corrected chi connectivity index (χ2v) is 7.26. The van der Waals surface area contributed by atoms with E-state index in [-0.39, 0.29) is 5.37 Å². The van der Waals surface area contributed by atoms with Gasteiger partial charge in [-0.25, -0.2) is 4.72 Å². The molecule has 0 fully saturated rings. The van der Waals surface area contributed by atoms with Crippen molar-refractivity contribution in [2.24, 2.45) is 5.73 Å². The number of hydrogen-bond acceptors (Lipinski definition) is 4. The Labute approximate surface area is 141 Å². The number of nitrogens with one attached hydrogen (secondary N) is 1. The fourth-order valence-corrected chi connectivity index (χ4v) is 3.88. The molecule has 2 rings (SSSR count). The third kappa shape index (κ3) is 5.13. The van der Waals surface area contributed by atoms with Crippen molar-refractivity contribution in [2.45, 2.75) is 25.0 Å². The van der Waals surface area contributed by atoms with E-state index in [9.17, 15) is 0 Å². The Balaban J connectivity index is 2.00. The van der Waals surface area contributed by atoms with Gasteiger partial charge in [0.1, 0.15) is 0 Å². The highest BCUT2D eigenvalue weighted by Crippen LogP contribution is 2.33. The van der Waals surface area contributed by atoms with Crippen LogP contribution in [0.15, 0.2) is 60.1 Å². The summed E-state index contributed by atoms with van der Waals surface area (Å²) < 4.78 is 3.51. The molecular formula is C18H22N2S2. The second kappa shape index (κ2) is 8.32. The first-order chi connectivity index (χ1) is 10.6. The lowest BCUT2D eigenvalue weighted by Gasteiger charge is -2.20. The van der Waals surface area contributed by atoms with Gasteiger partial charge in [-0.3, -0.25) is 0 Å². The zero-order valence-electron chi connectivity index (χ0n) is 13.0. The maximum atomic E-state index is 5.80. The predicted octanol–water partition coefficient (Wildman–Crippen LogP) is 4.90. The van der Waals surface area contributed by atoms with Crippen molar-refractivity contribution in [1.82, 2.24) is 4.72 Å². The standard InChI is InChI=1S/C18H22N2S2/c1-13-8-10-16(11-9-13)12-21-20-18(22-15(3)19)17-7-5-4-6-14(17)2/h4-11,18,20H,3,12,19H2,1-2H3. The lowest BCUT2D eigenvalue weighted by atomic mass is 10.1. The highest BCUT2D eigenvalue weighted by atomic mass is 32.2. The number of hydrogen-bond donors (Lipinski definition) is 2. The lowest BCUT2D eigenvalue weighted by molar-refractivity contribution is 0.933. The minimum Gasteiger partial charge on any atom is -0.394 e. The maximum absolute atomic E-state index is 5.80. The molecule has 0 aromatic heterocycles. The SMILES string of the molecule is C=C(N)SC(NSCc1ccc(C)cc1)c1ccccc1C. The molecule has 0 saturated carbocycles. The molecule has 3 N–H and O–H groups in total. The Morgan fingerprint density at radius 1 is 1.14 bits per heavy atom. The molecule has 1 atom stereocenters. The molecule has 0 aliphatic rings. The smallest absolute Gasteiger partial charge is 0.0942 e. The van der Waals surface area contributed by atoms with Gasteiger partial charge in [-0.15, -0.1) is 0 Å². The van der Waals surface area contributed by atoms with Crippen molar-refractivity contribution < 1.29 is 0 Å². The van der Waals surface area contributed by atoms with Crippen molar-refractivity contribution in [1.29, 1.82) is 0 Å². The van der Waals surface area contributed by atoms with E-state index in [2.05, 4.69) is 73.7 Å². The zero-order valence-corrected chi connectivity index (χ0v) is 14.6. The Morgan fingerprint density at radius 3 is 2.45 bits per heavy atom. The average molecular weight is 331 g/mol. The summed E-state index contributed by atoms with van der Waals surface area (Å²) in [6.07, 6.45) is 0. The summed E-state index contributed by atoms with van der Waals surface area (Å²) in [5, 5.41) is 0.728. The van der Waals surface area contributed by atoms with Crippen LogP contribution in [0.5, 0.6) is 0 Å². The Kier molecular flexibility index (Phi) is 6.43. The minimum atomic E-state index is 0.106. The van der Waals surface area contributed by atoms with Gasteiger partial charge in [0.05, 0.1) is 10.4 Å². The number of thioether (sulfide) groups is 1. The van der Waals surface area contributed by atoms with Crippen LogP contribution in [0, 0.1) is 13.8 Å². The van der Waals surface area contributed by atoms with Gasteiger partial charge in [0.15, 0.2) is 0 Å². The van der Waals surface area contributed by atoms with Crippen molar-refractivity contribution in [3.63, 3.8) is 0 Å². The number of benzene rings is 2. The Morgan fingerprint density at radius 2 is 1.82 bits per heavy atom. The summed E-state index contributed by atoms with van der Waals surface area (Å²) in [6, 6.07) is 17.0. The van der Waals surface area contributed by atoms with E-state index in [1.165, 1.54) is 22.3 Å². The Bertz CT molecular complexity index is 623. The van der Waals surface area contributed by atoms with Crippen LogP contribution in [0.2, 0.25) is 0 Å². The molecule has 0 aliphatic heterocycles. The number of rotatable bonds is 7. The fourth-order valence-electron chi connectivity index (χ4n) is 2.07. The van der Waals surface area contributed by atoms with Crippen molar-refractivity contribution in [2.75, 3.05) is 0 Å². The van der Waals surface area contributed by atoms with E-state index in [0.29, 0.717) is 5.03 Å². The summed E-state index contributed by atoms with van der Waals surface area (Å²) >= 11 is 3.25. The van der Waals surface area contributed by atoms with E-state index < -0.39 is 0 Å². The van der Waals surface area contributed by atoms with Gasteiger partial charge in [-0.1, -0.05) is 84.4 Å². The molecule has 22 heavy (non-hydrogen) atoms. The molecule has 116 valence electrons. The van der Waals surface area contributed by atoms with Gasteiger partial charge in [-0.05, 0) is 30.5 Å². The summed E-state index contributed by atoms with van der Waals surface area (Å²) in [5.74, 6) is 0.917. The van der Waals surface area contributed by atoms with Crippen molar-refractivity contribution in [3.05, 3.63) is 82.4 Å². The molecule has 2 nitrogen and oxygen atoms in total. The molecule has 0 spiro atoms. The second-order valence-electron chi connectivity index (χ2n) is 5.21. The fraction of sp³-hybridized carbons (Fsp3) is 0.222. The molecule has 0 radical (unpaired) electrons. The largest absolute Gasteiger partial charge is 0.394 e. The summed E-state index contributed by atoms with van der Waals surface area (Å²) in [6.45, 7) is 8.04. The van der Waals surface area contributed by atoms with Crippen molar-refractivity contribution in [3.8, 4) is 0 Å². The summed E-state index contributed by atoms with van der Waals surface area (Å²) in [4.78, 5) is 0. The van der Waals surface area contributed by atoms with Gasteiger partial charge < -0.3 is 5.73 Å². The molecule has 0 aliphatic carbocycles. The molecule has 0 bridgehead atoms. The van der Waals surface area contributed by atoms with E-state index in [0.717, 1.165) is 5.75 Å². The molecule has 0 heterocycles. The summed E-state index contributed by atoms with van der Waals surface area (Å²) in [7, 11) is 0. The number of nitrogens with two attached hydrogens (primary N) is 1. The first kappa shape index (κ1) is 17.0. The van der Waals surface area contributed by atoms with Gasteiger partial charge in [0.25, 0.3) is 0 Å². The molecule has 1 unspecified atom stereocenters. The quantitative estimate of drug-likeness (QED) is 0.559. The van der Waals surface area contributed by atoms with Crippen LogP contribution in [-0.4, -0.2) is 0 Å². The van der Waals surface area contributed by atoms with E-state index in [1.54, 1.807) is 23.7 Å². The molecular weight excluding hydrogens is 308 g/mol. The topological polar surface area (TPSA) is 38.0 Å². The van der Waals surface area contributed by atoms with Gasteiger partial charge in [0, 0.05) is 5.75 Å². The summed E-state index contributed by atoms with van der Waals surface area (Å²) in [5.41, 5.74) is 10.9. The lowest BCUT2D eigenvalue weighted by Crippen LogP contribution is -2.14.